The lowest BCUT2D eigenvalue weighted by atomic mass is 10.1. The van der Waals surface area contributed by atoms with Crippen molar-refractivity contribution < 1.29 is 19.0 Å². The minimum Gasteiger partial charge on any atom is -0.384 e. The first kappa shape index (κ1) is 17.2. The number of unbranched alkanes of at least 4 members (excludes halogenated alkanes) is 1. The van der Waals surface area contributed by atoms with E-state index in [9.17, 15) is 9.18 Å². The highest BCUT2D eigenvalue weighted by Gasteiger charge is 2.11. The van der Waals surface area contributed by atoms with Crippen molar-refractivity contribution in [2.24, 2.45) is 0 Å². The Morgan fingerprint density at radius 1 is 1.43 bits per heavy atom. The fourth-order valence-electron chi connectivity index (χ4n) is 1.60. The number of carbonyl (C=O) groups is 1. The zero-order chi connectivity index (χ0) is 15.5. The summed E-state index contributed by atoms with van der Waals surface area (Å²) in [7, 11) is 0. The van der Waals surface area contributed by atoms with Crippen LogP contribution in [0, 0.1) is 17.7 Å². The van der Waals surface area contributed by atoms with Crippen molar-refractivity contribution in [1.82, 2.24) is 5.32 Å². The first-order valence-corrected chi connectivity index (χ1v) is 6.94. The maximum absolute atomic E-state index is 13.6. The van der Waals surface area contributed by atoms with Crippen molar-refractivity contribution in [1.29, 1.82) is 0 Å². The van der Waals surface area contributed by atoms with Crippen LogP contribution in [0.2, 0.25) is 0 Å². The van der Waals surface area contributed by atoms with Crippen LogP contribution >= 0.6 is 0 Å². The number of halogens is 1. The zero-order valence-electron chi connectivity index (χ0n) is 12.1. The van der Waals surface area contributed by atoms with Crippen LogP contribution in [-0.4, -0.2) is 37.4 Å². The van der Waals surface area contributed by atoms with E-state index in [0.717, 1.165) is 12.8 Å². The fraction of sp³-hybridized carbons (Fsp3) is 0.438. The van der Waals surface area contributed by atoms with Gasteiger partial charge in [-0.2, -0.15) is 0 Å². The molecular weight excluding hydrogens is 273 g/mol. The molecule has 0 saturated heterocycles. The molecule has 0 saturated carbocycles. The molecule has 0 atom stereocenters. The van der Waals surface area contributed by atoms with Crippen molar-refractivity contribution in [3.8, 4) is 11.8 Å². The predicted molar refractivity (Wildman–Crippen MR) is 78.4 cm³/mol. The minimum atomic E-state index is -0.603. The highest BCUT2D eigenvalue weighted by molar-refractivity contribution is 5.94. The summed E-state index contributed by atoms with van der Waals surface area (Å²) in [6.07, 6.45) is 2.04. The maximum atomic E-state index is 13.6. The van der Waals surface area contributed by atoms with Crippen LogP contribution in [0.5, 0.6) is 0 Å². The molecule has 2 N–H and O–H groups in total. The van der Waals surface area contributed by atoms with Gasteiger partial charge in [0, 0.05) is 18.7 Å². The van der Waals surface area contributed by atoms with E-state index in [0.29, 0.717) is 25.3 Å². The molecular formula is C16H20FNO3. The Morgan fingerprint density at radius 3 is 2.95 bits per heavy atom. The van der Waals surface area contributed by atoms with Crippen LogP contribution in [0.1, 0.15) is 35.7 Å². The molecule has 1 amide bonds. The molecule has 1 rings (SSSR count). The van der Waals surface area contributed by atoms with Crippen molar-refractivity contribution in [3.05, 3.63) is 35.1 Å². The first-order chi connectivity index (χ1) is 10.2. The molecule has 0 aliphatic heterocycles. The Morgan fingerprint density at radius 2 is 2.24 bits per heavy atom. The van der Waals surface area contributed by atoms with E-state index >= 15 is 0 Å². The van der Waals surface area contributed by atoms with Gasteiger partial charge in [-0.15, -0.1) is 0 Å². The number of ether oxygens (including phenoxy) is 1. The molecule has 0 aromatic heterocycles. The average Bonchev–Trinajstić information content (AvgIpc) is 2.49. The quantitative estimate of drug-likeness (QED) is 0.594. The Labute approximate surface area is 124 Å². The summed E-state index contributed by atoms with van der Waals surface area (Å²) in [5.41, 5.74) is 0.420. The second-order valence-corrected chi connectivity index (χ2v) is 4.38. The van der Waals surface area contributed by atoms with Gasteiger partial charge < -0.3 is 15.2 Å². The van der Waals surface area contributed by atoms with Crippen LogP contribution in [0.3, 0.4) is 0 Å². The lowest BCUT2D eigenvalue weighted by Gasteiger charge is -2.07. The summed E-state index contributed by atoms with van der Waals surface area (Å²) >= 11 is 0. The molecule has 21 heavy (non-hydrogen) atoms. The third-order valence-corrected chi connectivity index (χ3v) is 2.70. The lowest BCUT2D eigenvalue weighted by molar-refractivity contribution is 0.0909. The molecule has 1 aromatic rings. The van der Waals surface area contributed by atoms with Gasteiger partial charge in [0.1, 0.15) is 12.4 Å². The number of rotatable bonds is 7. The van der Waals surface area contributed by atoms with Gasteiger partial charge in [-0.05, 0) is 24.6 Å². The van der Waals surface area contributed by atoms with Gasteiger partial charge in [-0.25, -0.2) is 4.39 Å². The normalized spacial score (nSPS) is 9.86. The molecule has 4 nitrogen and oxygen atoms in total. The minimum absolute atomic E-state index is 0.0618. The van der Waals surface area contributed by atoms with Crippen LogP contribution in [-0.2, 0) is 4.74 Å². The summed E-state index contributed by atoms with van der Waals surface area (Å²) in [6.45, 7) is 3.17. The number of benzene rings is 1. The number of nitrogens with one attached hydrogen (secondary N) is 1. The molecule has 0 aliphatic carbocycles. The zero-order valence-corrected chi connectivity index (χ0v) is 12.1. The topological polar surface area (TPSA) is 58.6 Å². The van der Waals surface area contributed by atoms with Gasteiger partial charge in [0.2, 0.25) is 0 Å². The van der Waals surface area contributed by atoms with Crippen molar-refractivity contribution in [2.45, 2.75) is 19.8 Å². The monoisotopic (exact) mass is 293 g/mol. The van der Waals surface area contributed by atoms with Gasteiger partial charge in [0.05, 0.1) is 12.2 Å². The van der Waals surface area contributed by atoms with Crippen molar-refractivity contribution >= 4 is 5.91 Å². The number of amides is 1. The Kier molecular flexibility index (Phi) is 8.10. The van der Waals surface area contributed by atoms with Gasteiger partial charge in [-0.1, -0.05) is 25.2 Å². The molecule has 0 aliphatic rings. The van der Waals surface area contributed by atoms with E-state index in [1.54, 1.807) is 0 Å². The first-order valence-electron chi connectivity index (χ1n) is 6.94. The van der Waals surface area contributed by atoms with Crippen molar-refractivity contribution in [2.75, 3.05) is 26.4 Å². The SMILES string of the molecule is CCCCOCCNC(=O)c1cc(C#CCO)ccc1F. The molecule has 0 fully saturated rings. The van der Waals surface area contributed by atoms with E-state index < -0.39 is 11.7 Å². The Balaban J connectivity index is 2.53. The number of hydrogen-bond donors (Lipinski definition) is 2. The van der Waals surface area contributed by atoms with E-state index in [2.05, 4.69) is 24.1 Å². The van der Waals surface area contributed by atoms with E-state index in [-0.39, 0.29) is 12.2 Å². The van der Waals surface area contributed by atoms with Gasteiger partial charge in [0.15, 0.2) is 0 Å². The van der Waals surface area contributed by atoms with Crippen molar-refractivity contribution in [3.63, 3.8) is 0 Å². The number of aliphatic hydroxyl groups is 1. The van der Waals surface area contributed by atoms with Gasteiger partial charge in [-0.3, -0.25) is 4.79 Å². The highest BCUT2D eigenvalue weighted by atomic mass is 19.1. The standard InChI is InChI=1S/C16H20FNO3/c1-2-3-10-21-11-8-18-16(20)14-12-13(5-4-9-19)6-7-15(14)17/h6-7,12,19H,2-3,8-11H2,1H3,(H,18,20). The third kappa shape index (κ3) is 6.39. The number of aliphatic hydroxyl groups excluding tert-OH is 1. The molecule has 0 bridgehead atoms. The molecule has 0 unspecified atom stereocenters. The second-order valence-electron chi connectivity index (χ2n) is 4.38. The molecule has 1 aromatic carbocycles. The summed E-state index contributed by atoms with van der Waals surface area (Å²) < 4.78 is 18.9. The number of carbonyl (C=O) groups excluding carboxylic acids is 1. The van der Waals surface area contributed by atoms with Gasteiger partial charge in [0.25, 0.3) is 5.91 Å². The van der Waals surface area contributed by atoms with Gasteiger partial charge >= 0.3 is 0 Å². The molecule has 0 radical (unpaired) electrons. The average molecular weight is 293 g/mol. The van der Waals surface area contributed by atoms with Crippen LogP contribution in [0.15, 0.2) is 18.2 Å². The second kappa shape index (κ2) is 9.92. The molecule has 5 heteroatoms. The Hall–Kier alpha value is -1.90. The largest absolute Gasteiger partial charge is 0.384 e. The Bertz CT molecular complexity index is 520. The lowest BCUT2D eigenvalue weighted by Crippen LogP contribution is -2.28. The number of hydrogen-bond acceptors (Lipinski definition) is 3. The summed E-state index contributed by atoms with van der Waals surface area (Å²) in [5.74, 6) is 3.99. The van der Waals surface area contributed by atoms with E-state index in [4.69, 9.17) is 9.84 Å². The van der Waals surface area contributed by atoms with Crippen LogP contribution < -0.4 is 5.32 Å². The summed E-state index contributed by atoms with van der Waals surface area (Å²) in [6, 6.07) is 4.02. The molecule has 0 spiro atoms. The van der Waals surface area contributed by atoms with E-state index in [1.165, 1.54) is 18.2 Å². The summed E-state index contributed by atoms with van der Waals surface area (Å²) in [5, 5.41) is 11.2. The smallest absolute Gasteiger partial charge is 0.254 e. The predicted octanol–water partition coefficient (Wildman–Crippen LogP) is 1.72. The fourth-order valence-corrected chi connectivity index (χ4v) is 1.60. The highest BCUT2D eigenvalue weighted by Crippen LogP contribution is 2.10. The summed E-state index contributed by atoms with van der Waals surface area (Å²) in [4.78, 5) is 11.9. The van der Waals surface area contributed by atoms with Crippen LogP contribution in [0.25, 0.3) is 0 Å². The third-order valence-electron chi connectivity index (χ3n) is 2.70. The maximum Gasteiger partial charge on any atom is 0.254 e. The molecule has 114 valence electrons. The molecule has 0 heterocycles. The van der Waals surface area contributed by atoms with Crippen LogP contribution in [0.4, 0.5) is 4.39 Å². The van der Waals surface area contributed by atoms with E-state index in [1.807, 2.05) is 0 Å².